The van der Waals surface area contributed by atoms with Crippen molar-refractivity contribution in [3.63, 3.8) is 0 Å². The molecule has 3 aromatic rings. The molecule has 1 aromatic heterocycles. The van der Waals surface area contributed by atoms with Crippen molar-refractivity contribution in [1.29, 1.82) is 0 Å². The Morgan fingerprint density at radius 2 is 1.74 bits per heavy atom. The van der Waals surface area contributed by atoms with Gasteiger partial charge in [0.2, 0.25) is 11.8 Å². The number of thioether (sulfide) groups is 2. The summed E-state index contributed by atoms with van der Waals surface area (Å²) in [7, 11) is 0. The van der Waals surface area contributed by atoms with E-state index in [2.05, 4.69) is 15.8 Å². The van der Waals surface area contributed by atoms with Gasteiger partial charge < -0.3 is 0 Å². The van der Waals surface area contributed by atoms with E-state index in [1.54, 1.807) is 23.1 Å². The van der Waals surface area contributed by atoms with E-state index in [0.717, 1.165) is 19.5 Å². The van der Waals surface area contributed by atoms with Gasteiger partial charge in [-0.25, -0.2) is 4.98 Å². The van der Waals surface area contributed by atoms with E-state index in [1.165, 1.54) is 17.3 Å². The first-order valence-corrected chi connectivity index (χ1v) is 11.1. The van der Waals surface area contributed by atoms with Crippen molar-refractivity contribution in [3.05, 3.63) is 54.1 Å². The van der Waals surface area contributed by atoms with Gasteiger partial charge in [-0.2, -0.15) is 0 Å². The van der Waals surface area contributed by atoms with Gasteiger partial charge in [-0.1, -0.05) is 41.6 Å². The Kier molecular flexibility index (Phi) is 7.14. The van der Waals surface area contributed by atoms with Crippen molar-refractivity contribution in [2.24, 2.45) is 0 Å². The van der Waals surface area contributed by atoms with Gasteiger partial charge in [0.25, 0.3) is 0 Å². The van der Waals surface area contributed by atoms with Crippen LogP contribution in [0.2, 0.25) is 0 Å². The molecule has 0 unspecified atom stereocenters. The fraction of sp³-hybridized carbons (Fsp3) is 0.211. The number of thiazole rings is 1. The number of para-hydroxylation sites is 1. The summed E-state index contributed by atoms with van der Waals surface area (Å²) in [5, 5.41) is 0. The van der Waals surface area contributed by atoms with Crippen LogP contribution in [0.15, 0.2) is 57.8 Å². The molecule has 0 radical (unpaired) electrons. The summed E-state index contributed by atoms with van der Waals surface area (Å²) < 4.78 is 2.09. The SMILES string of the molecule is Cc1ccc(SCC(=O)NNC(=O)CCSc2nc3ccccc3s2)cc1. The molecule has 2 aromatic carbocycles. The lowest BCUT2D eigenvalue weighted by Crippen LogP contribution is -2.42. The van der Waals surface area contributed by atoms with Gasteiger partial charge >= 0.3 is 0 Å². The highest BCUT2D eigenvalue weighted by Gasteiger charge is 2.08. The van der Waals surface area contributed by atoms with Gasteiger partial charge in [-0.05, 0) is 31.2 Å². The number of carbonyl (C=O) groups is 2. The summed E-state index contributed by atoms with van der Waals surface area (Å²) >= 11 is 4.60. The van der Waals surface area contributed by atoms with Crippen LogP contribution in [0.25, 0.3) is 10.2 Å². The average molecular weight is 418 g/mol. The third-order valence-electron chi connectivity index (χ3n) is 3.56. The van der Waals surface area contributed by atoms with E-state index in [-0.39, 0.29) is 17.6 Å². The van der Waals surface area contributed by atoms with Crippen molar-refractivity contribution in [2.45, 2.75) is 22.6 Å². The minimum absolute atomic E-state index is 0.211. The molecule has 0 aliphatic carbocycles. The van der Waals surface area contributed by atoms with Crippen molar-refractivity contribution < 1.29 is 9.59 Å². The molecule has 3 rings (SSSR count). The van der Waals surface area contributed by atoms with Crippen LogP contribution in [-0.4, -0.2) is 28.3 Å². The van der Waals surface area contributed by atoms with E-state index in [0.29, 0.717) is 12.2 Å². The number of hydrogen-bond acceptors (Lipinski definition) is 6. The first-order chi connectivity index (χ1) is 13.1. The summed E-state index contributed by atoms with van der Waals surface area (Å²) in [5.41, 5.74) is 7.07. The molecule has 0 aliphatic heterocycles. The smallest absolute Gasteiger partial charge is 0.248 e. The Balaban J connectivity index is 1.33. The minimum Gasteiger partial charge on any atom is -0.273 e. The van der Waals surface area contributed by atoms with Gasteiger partial charge in [-0.15, -0.1) is 23.1 Å². The Morgan fingerprint density at radius 1 is 1.00 bits per heavy atom. The van der Waals surface area contributed by atoms with Crippen LogP contribution in [0.1, 0.15) is 12.0 Å². The maximum atomic E-state index is 11.9. The summed E-state index contributed by atoms with van der Waals surface area (Å²) in [4.78, 5) is 29.2. The number of rotatable bonds is 7. The lowest BCUT2D eigenvalue weighted by atomic mass is 10.2. The summed E-state index contributed by atoms with van der Waals surface area (Å²) in [6.45, 7) is 2.02. The molecule has 1 heterocycles. The highest BCUT2D eigenvalue weighted by Crippen LogP contribution is 2.29. The molecule has 0 aliphatic rings. The number of fused-ring (bicyclic) bond motifs is 1. The second-order valence-electron chi connectivity index (χ2n) is 5.74. The second-order valence-corrected chi connectivity index (χ2v) is 9.17. The predicted molar refractivity (Wildman–Crippen MR) is 113 cm³/mol. The van der Waals surface area contributed by atoms with Crippen molar-refractivity contribution in [3.8, 4) is 0 Å². The Morgan fingerprint density at radius 3 is 2.52 bits per heavy atom. The van der Waals surface area contributed by atoms with Crippen molar-refractivity contribution >= 4 is 56.9 Å². The second kappa shape index (κ2) is 9.77. The monoisotopic (exact) mass is 417 g/mol. The first kappa shape index (κ1) is 19.7. The van der Waals surface area contributed by atoms with Crippen LogP contribution < -0.4 is 10.9 Å². The number of aromatic nitrogens is 1. The maximum absolute atomic E-state index is 11.9. The number of aryl methyl sites for hydroxylation is 1. The average Bonchev–Trinajstić information content (AvgIpc) is 3.08. The van der Waals surface area contributed by atoms with Crippen LogP contribution in [-0.2, 0) is 9.59 Å². The van der Waals surface area contributed by atoms with Gasteiger partial charge in [0.15, 0.2) is 4.34 Å². The molecule has 5 nitrogen and oxygen atoms in total. The maximum Gasteiger partial charge on any atom is 0.248 e. The Labute approximate surface area is 170 Å². The van der Waals surface area contributed by atoms with Crippen LogP contribution in [0.4, 0.5) is 0 Å². The summed E-state index contributed by atoms with van der Waals surface area (Å²) in [6, 6.07) is 15.9. The van der Waals surface area contributed by atoms with Gasteiger partial charge in [0.1, 0.15) is 0 Å². The number of nitrogens with one attached hydrogen (secondary N) is 2. The zero-order valence-corrected chi connectivity index (χ0v) is 17.2. The molecule has 8 heteroatoms. The van der Waals surface area contributed by atoms with Gasteiger partial charge in [0.05, 0.1) is 16.0 Å². The van der Waals surface area contributed by atoms with Crippen molar-refractivity contribution in [2.75, 3.05) is 11.5 Å². The van der Waals surface area contributed by atoms with Crippen molar-refractivity contribution in [1.82, 2.24) is 15.8 Å². The zero-order chi connectivity index (χ0) is 19.1. The highest BCUT2D eigenvalue weighted by molar-refractivity contribution is 8.01. The highest BCUT2D eigenvalue weighted by atomic mass is 32.2. The lowest BCUT2D eigenvalue weighted by Gasteiger charge is -2.07. The van der Waals surface area contributed by atoms with E-state index in [9.17, 15) is 9.59 Å². The molecule has 2 amide bonds. The third-order valence-corrected chi connectivity index (χ3v) is 6.75. The van der Waals surface area contributed by atoms with Crippen LogP contribution >= 0.6 is 34.9 Å². The number of hydrazine groups is 1. The van der Waals surface area contributed by atoms with Crippen LogP contribution in [0.5, 0.6) is 0 Å². The lowest BCUT2D eigenvalue weighted by molar-refractivity contribution is -0.127. The van der Waals surface area contributed by atoms with E-state index < -0.39 is 0 Å². The molecule has 0 saturated carbocycles. The minimum atomic E-state index is -0.229. The molecule has 0 bridgehead atoms. The van der Waals surface area contributed by atoms with E-state index >= 15 is 0 Å². The molecule has 0 fully saturated rings. The molecule has 0 spiro atoms. The first-order valence-electron chi connectivity index (χ1n) is 8.36. The van der Waals surface area contributed by atoms with E-state index in [4.69, 9.17) is 0 Å². The van der Waals surface area contributed by atoms with Crippen LogP contribution in [0, 0.1) is 6.92 Å². The normalized spacial score (nSPS) is 10.7. The summed E-state index contributed by atoms with van der Waals surface area (Å²) in [6.07, 6.45) is 0.311. The zero-order valence-electron chi connectivity index (χ0n) is 14.7. The fourth-order valence-electron chi connectivity index (χ4n) is 2.17. The number of amides is 2. The van der Waals surface area contributed by atoms with Gasteiger partial charge in [0, 0.05) is 17.1 Å². The number of benzene rings is 2. The Bertz CT molecular complexity index is 892. The summed E-state index contributed by atoms with van der Waals surface area (Å²) in [5.74, 6) is 0.425. The quantitative estimate of drug-likeness (QED) is 0.449. The molecular weight excluding hydrogens is 398 g/mol. The van der Waals surface area contributed by atoms with E-state index in [1.807, 2.05) is 55.5 Å². The molecule has 2 N–H and O–H groups in total. The number of carbonyl (C=O) groups excluding carboxylic acids is 2. The number of nitrogens with zero attached hydrogens (tertiary/aromatic N) is 1. The molecule has 0 saturated heterocycles. The van der Waals surface area contributed by atoms with Crippen LogP contribution in [0.3, 0.4) is 0 Å². The largest absolute Gasteiger partial charge is 0.273 e. The molecule has 140 valence electrons. The third kappa shape index (κ3) is 6.27. The standard InChI is InChI=1S/C19H19N3O2S3/c1-13-6-8-14(9-7-13)26-12-18(24)22-21-17(23)10-11-25-19-20-15-4-2-3-5-16(15)27-19/h2-9H,10-12H2,1H3,(H,21,23)(H,22,24). The molecular formula is C19H19N3O2S3. The molecule has 27 heavy (non-hydrogen) atoms. The predicted octanol–water partition coefficient (Wildman–Crippen LogP) is 4.03. The number of hydrogen-bond donors (Lipinski definition) is 2. The molecule has 0 atom stereocenters. The topological polar surface area (TPSA) is 71.1 Å². The fourth-order valence-corrected chi connectivity index (χ4v) is 4.94. The van der Waals surface area contributed by atoms with Gasteiger partial charge in [-0.3, -0.25) is 20.4 Å². The Hall–Kier alpha value is -2.03.